The number of nitrogens with zero attached hydrogens (tertiary/aromatic N) is 2. The van der Waals surface area contributed by atoms with Crippen molar-refractivity contribution in [2.45, 2.75) is 25.7 Å². The third kappa shape index (κ3) is 3.89. The molecule has 4 nitrogen and oxygen atoms in total. The van der Waals surface area contributed by atoms with Crippen LogP contribution in [0.5, 0.6) is 5.75 Å². The highest BCUT2D eigenvalue weighted by atomic mass is 35.5. The molecule has 0 aliphatic carbocycles. The highest BCUT2D eigenvalue weighted by Crippen LogP contribution is 2.27. The number of rotatable bonds is 4. The van der Waals surface area contributed by atoms with Crippen molar-refractivity contribution >= 4 is 17.3 Å². The maximum atomic E-state index is 6.08. The molecule has 114 valence electrons. The van der Waals surface area contributed by atoms with E-state index in [2.05, 4.69) is 10.1 Å². The topological polar surface area (TPSA) is 34.1 Å². The van der Waals surface area contributed by atoms with Gasteiger partial charge in [0.1, 0.15) is 12.4 Å². The molecule has 0 aromatic heterocycles. The normalized spacial score (nSPS) is 20.9. The van der Waals surface area contributed by atoms with Crippen molar-refractivity contribution in [1.29, 1.82) is 0 Å². The van der Waals surface area contributed by atoms with E-state index in [9.17, 15) is 0 Å². The van der Waals surface area contributed by atoms with Crippen molar-refractivity contribution in [1.82, 2.24) is 4.90 Å². The zero-order valence-corrected chi connectivity index (χ0v) is 12.9. The Morgan fingerprint density at radius 3 is 2.95 bits per heavy atom. The Labute approximate surface area is 130 Å². The number of fused-ring (bicyclic) bond motifs is 1. The molecule has 0 atom stereocenters. The quantitative estimate of drug-likeness (QED) is 0.632. The standard InChI is InChI=1S/C16H21ClN2O2/c17-13-5-6-16-14(12-13)15(4-3-10-20-16)18-21-11-9-19-7-1-2-8-19/h5-6,12H,1-4,7-11H2/b18-15-. The molecule has 3 rings (SSSR count). The maximum Gasteiger partial charge on any atom is 0.129 e. The summed E-state index contributed by atoms with van der Waals surface area (Å²) in [5.41, 5.74) is 1.90. The first-order chi connectivity index (χ1) is 10.3. The summed E-state index contributed by atoms with van der Waals surface area (Å²) in [6.07, 6.45) is 4.41. The van der Waals surface area contributed by atoms with Crippen LogP contribution in [0.2, 0.25) is 5.02 Å². The molecule has 0 spiro atoms. The molecule has 0 unspecified atom stereocenters. The van der Waals surface area contributed by atoms with Crippen molar-refractivity contribution in [2.24, 2.45) is 5.16 Å². The van der Waals surface area contributed by atoms with E-state index in [1.807, 2.05) is 18.2 Å². The molecule has 2 aliphatic heterocycles. The predicted molar refractivity (Wildman–Crippen MR) is 84.3 cm³/mol. The molecule has 0 bridgehead atoms. The summed E-state index contributed by atoms with van der Waals surface area (Å²) in [5, 5.41) is 5.04. The third-order valence-corrected chi connectivity index (χ3v) is 4.18. The molecule has 0 N–H and O–H groups in total. The first-order valence-corrected chi connectivity index (χ1v) is 8.04. The van der Waals surface area contributed by atoms with Crippen LogP contribution >= 0.6 is 11.6 Å². The van der Waals surface area contributed by atoms with E-state index in [0.29, 0.717) is 18.2 Å². The fourth-order valence-electron chi connectivity index (χ4n) is 2.80. The number of halogens is 1. The van der Waals surface area contributed by atoms with Crippen molar-refractivity contribution < 1.29 is 9.57 Å². The molecule has 2 heterocycles. The van der Waals surface area contributed by atoms with Gasteiger partial charge in [-0.1, -0.05) is 16.8 Å². The van der Waals surface area contributed by atoms with Gasteiger partial charge in [0, 0.05) is 17.1 Å². The van der Waals surface area contributed by atoms with Gasteiger partial charge in [-0.15, -0.1) is 0 Å². The van der Waals surface area contributed by atoms with E-state index >= 15 is 0 Å². The van der Waals surface area contributed by atoms with Crippen molar-refractivity contribution in [3.05, 3.63) is 28.8 Å². The first kappa shape index (κ1) is 14.7. The number of likely N-dealkylation sites (tertiary alicyclic amines) is 1. The second-order valence-corrected chi connectivity index (χ2v) is 5.95. The Morgan fingerprint density at radius 2 is 2.10 bits per heavy atom. The van der Waals surface area contributed by atoms with Crippen LogP contribution in [0.15, 0.2) is 23.4 Å². The summed E-state index contributed by atoms with van der Waals surface area (Å²) in [6, 6.07) is 5.66. The molecule has 1 fully saturated rings. The molecular formula is C16H21ClN2O2. The number of hydrogen-bond donors (Lipinski definition) is 0. The van der Waals surface area contributed by atoms with Crippen molar-refractivity contribution in [3.8, 4) is 5.75 Å². The van der Waals surface area contributed by atoms with Crippen LogP contribution in [0.25, 0.3) is 0 Å². The molecule has 1 aromatic rings. The zero-order chi connectivity index (χ0) is 14.5. The Bertz CT molecular complexity index is 513. The molecule has 0 amide bonds. The van der Waals surface area contributed by atoms with Crippen LogP contribution in [0, 0.1) is 0 Å². The number of benzene rings is 1. The lowest BCUT2D eigenvalue weighted by atomic mass is 10.1. The van der Waals surface area contributed by atoms with Crippen molar-refractivity contribution in [2.75, 3.05) is 32.8 Å². The average Bonchev–Trinajstić information content (AvgIpc) is 2.92. The van der Waals surface area contributed by atoms with Crippen molar-refractivity contribution in [3.63, 3.8) is 0 Å². The van der Waals surface area contributed by atoms with Crippen LogP contribution in [-0.2, 0) is 4.84 Å². The van der Waals surface area contributed by atoms with E-state index in [-0.39, 0.29) is 0 Å². The van der Waals surface area contributed by atoms with Gasteiger partial charge in [-0.05, 0) is 57.0 Å². The average molecular weight is 309 g/mol. The van der Waals surface area contributed by atoms with Gasteiger partial charge in [-0.25, -0.2) is 0 Å². The van der Waals surface area contributed by atoms with E-state index < -0.39 is 0 Å². The molecule has 5 heteroatoms. The van der Waals surface area contributed by atoms with Crippen LogP contribution < -0.4 is 4.74 Å². The predicted octanol–water partition coefficient (Wildman–Crippen LogP) is 3.33. The second kappa shape index (κ2) is 7.14. The summed E-state index contributed by atoms with van der Waals surface area (Å²) in [4.78, 5) is 7.95. The SMILES string of the molecule is Clc1ccc2c(c1)/C(=N\OCCN1CCCC1)CCCO2. The minimum atomic E-state index is 0.639. The fourth-order valence-corrected chi connectivity index (χ4v) is 2.98. The van der Waals surface area contributed by atoms with Gasteiger partial charge in [0.25, 0.3) is 0 Å². The molecule has 0 saturated carbocycles. The molecule has 2 aliphatic rings. The lowest BCUT2D eigenvalue weighted by molar-refractivity contribution is 0.118. The van der Waals surface area contributed by atoms with Gasteiger partial charge < -0.3 is 9.57 Å². The fraction of sp³-hybridized carbons (Fsp3) is 0.562. The number of hydrogen-bond acceptors (Lipinski definition) is 4. The minimum absolute atomic E-state index is 0.639. The van der Waals surface area contributed by atoms with Gasteiger partial charge in [-0.3, -0.25) is 4.90 Å². The Kier molecular flexibility index (Phi) is 4.99. The van der Waals surface area contributed by atoms with Crippen LogP contribution in [0.1, 0.15) is 31.2 Å². The zero-order valence-electron chi connectivity index (χ0n) is 12.2. The van der Waals surface area contributed by atoms with Gasteiger partial charge >= 0.3 is 0 Å². The van der Waals surface area contributed by atoms with Gasteiger partial charge in [0.05, 0.1) is 12.3 Å². The lowest BCUT2D eigenvalue weighted by Gasteiger charge is -2.13. The smallest absolute Gasteiger partial charge is 0.129 e. The van der Waals surface area contributed by atoms with Crippen LogP contribution in [-0.4, -0.2) is 43.5 Å². The highest BCUT2D eigenvalue weighted by Gasteiger charge is 2.16. The van der Waals surface area contributed by atoms with Gasteiger partial charge in [0.15, 0.2) is 0 Å². The Balaban J connectivity index is 1.63. The summed E-state index contributed by atoms with van der Waals surface area (Å²) >= 11 is 6.08. The van der Waals surface area contributed by atoms with E-state index in [4.69, 9.17) is 21.2 Å². The Hall–Kier alpha value is -1.26. The summed E-state index contributed by atoms with van der Waals surface area (Å²) < 4.78 is 5.72. The van der Waals surface area contributed by atoms with E-state index in [1.54, 1.807) is 0 Å². The largest absolute Gasteiger partial charge is 0.493 e. The lowest BCUT2D eigenvalue weighted by Crippen LogP contribution is -2.23. The maximum absolute atomic E-state index is 6.08. The first-order valence-electron chi connectivity index (χ1n) is 7.67. The van der Waals surface area contributed by atoms with Gasteiger partial charge in [-0.2, -0.15) is 0 Å². The highest BCUT2D eigenvalue weighted by molar-refractivity contribution is 6.31. The number of ether oxygens (including phenoxy) is 1. The van der Waals surface area contributed by atoms with Gasteiger partial charge in [0.2, 0.25) is 0 Å². The summed E-state index contributed by atoms with van der Waals surface area (Å²) in [7, 11) is 0. The monoisotopic (exact) mass is 308 g/mol. The molecule has 1 aromatic carbocycles. The molecular weight excluding hydrogens is 288 g/mol. The number of oxime groups is 1. The molecule has 21 heavy (non-hydrogen) atoms. The third-order valence-electron chi connectivity index (χ3n) is 3.94. The van der Waals surface area contributed by atoms with E-state index in [0.717, 1.165) is 36.4 Å². The van der Waals surface area contributed by atoms with Crippen LogP contribution in [0.4, 0.5) is 0 Å². The summed E-state index contributed by atoms with van der Waals surface area (Å²) in [5.74, 6) is 0.846. The molecule has 1 saturated heterocycles. The molecule has 0 radical (unpaired) electrons. The minimum Gasteiger partial charge on any atom is -0.493 e. The second-order valence-electron chi connectivity index (χ2n) is 5.51. The summed E-state index contributed by atoms with van der Waals surface area (Å²) in [6.45, 7) is 4.68. The Morgan fingerprint density at radius 1 is 1.24 bits per heavy atom. The van der Waals surface area contributed by atoms with E-state index in [1.165, 1.54) is 25.9 Å². The van der Waals surface area contributed by atoms with Crippen LogP contribution in [0.3, 0.4) is 0 Å².